The highest BCUT2D eigenvalue weighted by molar-refractivity contribution is 8.01. The molecule has 0 radical (unpaired) electrons. The molecule has 134 valence electrons. The average molecular weight is 374 g/mol. The lowest BCUT2D eigenvalue weighted by Gasteiger charge is -2.24. The molecule has 3 amide bonds. The molecule has 5 unspecified atom stereocenters. The van der Waals surface area contributed by atoms with Crippen LogP contribution in [0.3, 0.4) is 0 Å². The first kappa shape index (κ1) is 17.8. The Bertz CT molecular complexity index is 507. The van der Waals surface area contributed by atoms with E-state index in [0.29, 0.717) is 17.7 Å². The molecule has 10 heteroatoms. The van der Waals surface area contributed by atoms with E-state index >= 15 is 0 Å². The van der Waals surface area contributed by atoms with Gasteiger partial charge in [0.2, 0.25) is 11.8 Å². The molecule has 0 aromatic carbocycles. The fourth-order valence-corrected chi connectivity index (χ4v) is 5.92. The standard InChI is InChI=1S/C14H22N4O4S2/c1-22-14(21)18-10(19)7-3-5-23-12(7)17-11(20)13-16-8-6-15-4-2-9(8)24-13/h7-9,12-13,15-16H,2-6H2,1H3,(H,17,20)(H,18,19,21). The third kappa shape index (κ3) is 3.98. The van der Waals surface area contributed by atoms with Crippen molar-refractivity contribution in [2.45, 2.75) is 34.9 Å². The van der Waals surface area contributed by atoms with Gasteiger partial charge in [-0.1, -0.05) is 0 Å². The summed E-state index contributed by atoms with van der Waals surface area (Å²) in [7, 11) is 1.21. The van der Waals surface area contributed by atoms with Crippen LogP contribution in [-0.4, -0.2) is 65.9 Å². The lowest BCUT2D eigenvalue weighted by atomic mass is 10.1. The third-order valence-electron chi connectivity index (χ3n) is 4.46. The normalized spacial score (nSPS) is 35.1. The summed E-state index contributed by atoms with van der Waals surface area (Å²) in [6.45, 7) is 1.86. The molecule has 0 spiro atoms. The summed E-state index contributed by atoms with van der Waals surface area (Å²) >= 11 is 3.19. The molecule has 0 bridgehead atoms. The third-order valence-corrected chi connectivity index (χ3v) is 7.27. The number of carbonyl (C=O) groups excluding carboxylic acids is 3. The summed E-state index contributed by atoms with van der Waals surface area (Å²) in [6.07, 6.45) is 0.902. The molecule has 3 heterocycles. The fraction of sp³-hybridized carbons (Fsp3) is 0.786. The van der Waals surface area contributed by atoms with Crippen molar-refractivity contribution < 1.29 is 19.1 Å². The van der Waals surface area contributed by atoms with Crippen molar-refractivity contribution in [2.24, 2.45) is 5.92 Å². The maximum Gasteiger partial charge on any atom is 0.413 e. The molecular weight excluding hydrogens is 352 g/mol. The largest absolute Gasteiger partial charge is 0.453 e. The van der Waals surface area contributed by atoms with Crippen LogP contribution in [0.4, 0.5) is 4.79 Å². The number of hydrogen-bond donors (Lipinski definition) is 4. The Kier molecular flexibility index (Phi) is 5.90. The number of methoxy groups -OCH3 is 1. The first-order valence-corrected chi connectivity index (χ1v) is 10.0. The number of nitrogens with one attached hydrogen (secondary N) is 4. The minimum atomic E-state index is -0.772. The first-order valence-electron chi connectivity index (χ1n) is 8.01. The van der Waals surface area contributed by atoms with E-state index < -0.39 is 17.9 Å². The van der Waals surface area contributed by atoms with Crippen LogP contribution in [0.5, 0.6) is 0 Å². The second kappa shape index (κ2) is 7.94. The maximum absolute atomic E-state index is 12.5. The van der Waals surface area contributed by atoms with Gasteiger partial charge in [-0.3, -0.25) is 20.2 Å². The van der Waals surface area contributed by atoms with Gasteiger partial charge in [0.1, 0.15) is 5.37 Å². The van der Waals surface area contributed by atoms with Crippen molar-refractivity contribution in [3.63, 3.8) is 0 Å². The molecule has 0 aromatic heterocycles. The van der Waals surface area contributed by atoms with Gasteiger partial charge in [0.05, 0.1) is 18.4 Å². The summed E-state index contributed by atoms with van der Waals surface area (Å²) in [5.74, 6) is -0.148. The molecule has 24 heavy (non-hydrogen) atoms. The molecule has 0 saturated carbocycles. The van der Waals surface area contributed by atoms with E-state index in [0.717, 1.165) is 25.3 Å². The number of ether oxygens (including phenoxy) is 1. The highest BCUT2D eigenvalue weighted by Crippen LogP contribution is 2.34. The zero-order chi connectivity index (χ0) is 17.1. The van der Waals surface area contributed by atoms with Gasteiger partial charge >= 0.3 is 6.09 Å². The van der Waals surface area contributed by atoms with E-state index in [2.05, 4.69) is 26.0 Å². The van der Waals surface area contributed by atoms with E-state index in [4.69, 9.17) is 0 Å². The van der Waals surface area contributed by atoms with Gasteiger partial charge in [0.15, 0.2) is 0 Å². The lowest BCUT2D eigenvalue weighted by Crippen LogP contribution is -2.51. The second-order valence-corrected chi connectivity index (χ2v) is 8.60. The number of carbonyl (C=O) groups is 3. The lowest BCUT2D eigenvalue weighted by molar-refractivity contribution is -0.125. The van der Waals surface area contributed by atoms with Gasteiger partial charge in [0, 0.05) is 17.8 Å². The Morgan fingerprint density at radius 2 is 2.04 bits per heavy atom. The monoisotopic (exact) mass is 374 g/mol. The highest BCUT2D eigenvalue weighted by Gasteiger charge is 2.41. The average Bonchev–Trinajstić information content (AvgIpc) is 3.20. The molecule has 0 aromatic rings. The number of piperidine rings is 1. The summed E-state index contributed by atoms with van der Waals surface area (Å²) in [5, 5.41) is 11.7. The minimum Gasteiger partial charge on any atom is -0.453 e. The number of imide groups is 1. The Morgan fingerprint density at radius 3 is 2.79 bits per heavy atom. The molecule has 3 saturated heterocycles. The van der Waals surface area contributed by atoms with Crippen molar-refractivity contribution in [3.8, 4) is 0 Å². The van der Waals surface area contributed by atoms with E-state index in [1.54, 1.807) is 11.8 Å². The van der Waals surface area contributed by atoms with Gasteiger partial charge in [-0.25, -0.2) is 4.79 Å². The minimum absolute atomic E-state index is 0.0929. The highest BCUT2D eigenvalue weighted by atomic mass is 32.2. The zero-order valence-corrected chi connectivity index (χ0v) is 15.0. The SMILES string of the molecule is COC(=O)NC(=O)C1CCSC1NC(=O)C1NC2CNCCC2S1. The fourth-order valence-electron chi connectivity index (χ4n) is 3.17. The Morgan fingerprint density at radius 1 is 1.21 bits per heavy atom. The molecule has 3 rings (SSSR count). The summed E-state index contributed by atoms with van der Waals surface area (Å²) in [6, 6.07) is 0.314. The quantitative estimate of drug-likeness (QED) is 0.522. The zero-order valence-electron chi connectivity index (χ0n) is 13.4. The number of fused-ring (bicyclic) bond motifs is 1. The van der Waals surface area contributed by atoms with Crippen LogP contribution in [0.2, 0.25) is 0 Å². The van der Waals surface area contributed by atoms with Crippen LogP contribution in [0, 0.1) is 5.92 Å². The Hall–Kier alpha value is -0.970. The van der Waals surface area contributed by atoms with Crippen LogP contribution >= 0.6 is 23.5 Å². The van der Waals surface area contributed by atoms with Gasteiger partial charge in [-0.05, 0) is 25.1 Å². The molecule has 5 atom stereocenters. The number of hydrogen-bond acceptors (Lipinski definition) is 8. The summed E-state index contributed by atoms with van der Waals surface area (Å²) in [4.78, 5) is 35.9. The Labute approximate surface area is 149 Å². The molecule has 0 aliphatic carbocycles. The maximum atomic E-state index is 12.5. The van der Waals surface area contributed by atoms with Gasteiger partial charge in [-0.2, -0.15) is 0 Å². The van der Waals surface area contributed by atoms with Crippen molar-refractivity contribution in [3.05, 3.63) is 0 Å². The first-order chi connectivity index (χ1) is 11.6. The molecule has 3 fully saturated rings. The molecule has 8 nitrogen and oxygen atoms in total. The van der Waals surface area contributed by atoms with Crippen LogP contribution in [0.1, 0.15) is 12.8 Å². The number of thioether (sulfide) groups is 2. The van der Waals surface area contributed by atoms with Crippen LogP contribution in [0.25, 0.3) is 0 Å². The van der Waals surface area contributed by atoms with E-state index in [1.165, 1.54) is 18.9 Å². The number of rotatable bonds is 3. The van der Waals surface area contributed by atoms with Crippen molar-refractivity contribution in [2.75, 3.05) is 26.0 Å². The molecular formula is C14H22N4O4S2. The van der Waals surface area contributed by atoms with Gasteiger partial charge < -0.3 is 15.4 Å². The number of alkyl carbamates (subject to hydrolysis) is 1. The predicted octanol–water partition coefficient (Wildman–Crippen LogP) is -0.543. The second-order valence-electron chi connectivity index (χ2n) is 6.00. The number of amides is 3. The smallest absolute Gasteiger partial charge is 0.413 e. The molecule has 3 aliphatic heterocycles. The Balaban J connectivity index is 1.53. The predicted molar refractivity (Wildman–Crippen MR) is 92.6 cm³/mol. The summed E-state index contributed by atoms with van der Waals surface area (Å²) in [5.41, 5.74) is 0. The van der Waals surface area contributed by atoms with E-state index in [1.807, 2.05) is 0 Å². The van der Waals surface area contributed by atoms with Gasteiger partial charge in [-0.15, -0.1) is 23.5 Å². The molecule has 4 N–H and O–H groups in total. The van der Waals surface area contributed by atoms with Crippen molar-refractivity contribution in [1.29, 1.82) is 0 Å². The van der Waals surface area contributed by atoms with Crippen molar-refractivity contribution >= 4 is 41.4 Å². The summed E-state index contributed by atoms with van der Waals surface area (Å²) < 4.78 is 4.45. The van der Waals surface area contributed by atoms with E-state index in [9.17, 15) is 14.4 Å². The van der Waals surface area contributed by atoms with Crippen LogP contribution in [-0.2, 0) is 14.3 Å². The molecule has 3 aliphatic rings. The van der Waals surface area contributed by atoms with Crippen LogP contribution in [0.15, 0.2) is 0 Å². The van der Waals surface area contributed by atoms with E-state index in [-0.39, 0.29) is 16.7 Å². The van der Waals surface area contributed by atoms with Gasteiger partial charge in [0.25, 0.3) is 0 Å². The van der Waals surface area contributed by atoms with Crippen molar-refractivity contribution in [1.82, 2.24) is 21.3 Å². The van der Waals surface area contributed by atoms with Crippen LogP contribution < -0.4 is 21.3 Å². The topological polar surface area (TPSA) is 109 Å².